The van der Waals surface area contributed by atoms with Crippen molar-refractivity contribution in [3.05, 3.63) is 44.8 Å². The standard InChI is InChI=1S/C24H30ClNO4S/c1-13-11-16(25)8-10-18(13)30-14(2)21(27)26-22-20(23(28)29-6)17-9-7-15(24(3,4)5)12-19(17)31-22/h8,10-11,14-15H,7,9,12H2,1-6H3,(H,26,27)/t14-,15+/m1/s1. The van der Waals surface area contributed by atoms with Crippen LogP contribution in [0.5, 0.6) is 5.75 Å². The van der Waals surface area contributed by atoms with Gasteiger partial charge in [0.1, 0.15) is 10.8 Å². The normalized spacial score (nSPS) is 16.9. The molecule has 0 fully saturated rings. The van der Waals surface area contributed by atoms with Gasteiger partial charge in [-0.2, -0.15) is 0 Å². The maximum absolute atomic E-state index is 12.9. The van der Waals surface area contributed by atoms with Crippen molar-refractivity contribution in [2.24, 2.45) is 11.3 Å². The summed E-state index contributed by atoms with van der Waals surface area (Å²) >= 11 is 7.47. The van der Waals surface area contributed by atoms with Crippen molar-refractivity contribution in [1.82, 2.24) is 0 Å². The highest BCUT2D eigenvalue weighted by molar-refractivity contribution is 7.17. The number of hydrogen-bond donors (Lipinski definition) is 1. The van der Waals surface area contributed by atoms with Crippen LogP contribution in [-0.2, 0) is 22.4 Å². The SMILES string of the molecule is COC(=O)c1c(NC(=O)[C@@H](C)Oc2ccc(Cl)cc2C)sc2c1CC[C@H](C(C)(C)C)C2. The number of methoxy groups -OCH3 is 1. The number of amides is 1. The van der Waals surface area contributed by atoms with E-state index in [1.165, 1.54) is 18.4 Å². The third-order valence-electron chi connectivity index (χ3n) is 5.93. The third-order valence-corrected chi connectivity index (χ3v) is 7.33. The summed E-state index contributed by atoms with van der Waals surface area (Å²) in [6, 6.07) is 5.26. The van der Waals surface area contributed by atoms with Crippen molar-refractivity contribution >= 4 is 39.8 Å². The monoisotopic (exact) mass is 463 g/mol. The average Bonchev–Trinajstić information content (AvgIpc) is 3.05. The molecule has 1 heterocycles. The fourth-order valence-electron chi connectivity index (χ4n) is 3.93. The average molecular weight is 464 g/mol. The Morgan fingerprint density at radius 3 is 2.61 bits per heavy atom. The van der Waals surface area contributed by atoms with E-state index in [0.29, 0.717) is 27.3 Å². The van der Waals surface area contributed by atoms with Crippen LogP contribution in [0.4, 0.5) is 5.00 Å². The fourth-order valence-corrected chi connectivity index (χ4v) is 5.48. The van der Waals surface area contributed by atoms with Crippen molar-refractivity contribution in [1.29, 1.82) is 0 Å². The molecule has 0 saturated carbocycles. The highest BCUT2D eigenvalue weighted by atomic mass is 35.5. The molecule has 0 saturated heterocycles. The van der Waals surface area contributed by atoms with E-state index in [-0.39, 0.29) is 11.3 Å². The van der Waals surface area contributed by atoms with E-state index < -0.39 is 12.1 Å². The first-order valence-corrected chi connectivity index (χ1v) is 11.7. The summed E-state index contributed by atoms with van der Waals surface area (Å²) in [5.41, 5.74) is 2.53. The second-order valence-corrected chi connectivity index (χ2v) is 10.7. The van der Waals surface area contributed by atoms with E-state index in [1.54, 1.807) is 25.1 Å². The lowest BCUT2D eigenvalue weighted by Gasteiger charge is -2.33. The molecule has 0 unspecified atom stereocenters. The van der Waals surface area contributed by atoms with Crippen LogP contribution >= 0.6 is 22.9 Å². The van der Waals surface area contributed by atoms with Gasteiger partial charge in [0, 0.05) is 9.90 Å². The van der Waals surface area contributed by atoms with E-state index >= 15 is 0 Å². The molecule has 2 atom stereocenters. The summed E-state index contributed by atoms with van der Waals surface area (Å²) in [5.74, 6) is 0.399. The molecule has 5 nitrogen and oxygen atoms in total. The topological polar surface area (TPSA) is 64.6 Å². The Morgan fingerprint density at radius 1 is 1.29 bits per heavy atom. The molecule has 0 aliphatic heterocycles. The second-order valence-electron chi connectivity index (χ2n) is 9.16. The molecule has 1 aromatic heterocycles. The predicted molar refractivity (Wildman–Crippen MR) is 126 cm³/mol. The summed E-state index contributed by atoms with van der Waals surface area (Å²) in [6.45, 7) is 10.3. The van der Waals surface area contributed by atoms with Crippen LogP contribution in [-0.4, -0.2) is 25.1 Å². The Hall–Kier alpha value is -2.05. The van der Waals surface area contributed by atoms with Crippen molar-refractivity contribution in [2.75, 3.05) is 12.4 Å². The van der Waals surface area contributed by atoms with Gasteiger partial charge in [-0.1, -0.05) is 32.4 Å². The molecular formula is C24H30ClNO4S. The number of aryl methyl sites for hydroxylation is 1. The lowest BCUT2D eigenvalue weighted by Crippen LogP contribution is -2.30. The number of rotatable bonds is 5. The van der Waals surface area contributed by atoms with E-state index in [4.69, 9.17) is 21.1 Å². The minimum Gasteiger partial charge on any atom is -0.481 e. The Kier molecular flexibility index (Phi) is 7.01. The van der Waals surface area contributed by atoms with Crippen LogP contribution in [0.2, 0.25) is 5.02 Å². The molecule has 7 heteroatoms. The number of nitrogens with one attached hydrogen (secondary N) is 1. The second kappa shape index (κ2) is 9.21. The van der Waals surface area contributed by atoms with Crippen LogP contribution in [0.1, 0.15) is 60.5 Å². The molecule has 2 aromatic rings. The Morgan fingerprint density at radius 2 is 2.00 bits per heavy atom. The number of carbonyl (C=O) groups excluding carboxylic acids is 2. The minimum atomic E-state index is -0.744. The number of carbonyl (C=O) groups is 2. The highest BCUT2D eigenvalue weighted by Gasteiger charge is 2.34. The number of hydrogen-bond acceptors (Lipinski definition) is 5. The number of benzene rings is 1. The molecule has 0 radical (unpaired) electrons. The van der Waals surface area contributed by atoms with Gasteiger partial charge in [0.15, 0.2) is 6.10 Å². The number of anilines is 1. The zero-order valence-electron chi connectivity index (χ0n) is 18.9. The maximum atomic E-state index is 12.9. The molecule has 1 aliphatic carbocycles. The van der Waals surface area contributed by atoms with Crippen LogP contribution in [0.25, 0.3) is 0 Å². The fraction of sp³-hybridized carbons (Fsp3) is 0.500. The van der Waals surface area contributed by atoms with Gasteiger partial charge in [-0.15, -0.1) is 11.3 Å². The lowest BCUT2D eigenvalue weighted by atomic mass is 9.72. The van der Waals surface area contributed by atoms with Gasteiger partial charge in [0.05, 0.1) is 12.7 Å². The molecule has 1 aliphatic rings. The van der Waals surface area contributed by atoms with Gasteiger partial charge in [0.25, 0.3) is 5.91 Å². The van der Waals surface area contributed by atoms with E-state index in [9.17, 15) is 9.59 Å². The molecule has 0 spiro atoms. The summed E-state index contributed by atoms with van der Waals surface area (Å²) in [5, 5.41) is 4.07. The Balaban J connectivity index is 1.82. The number of thiophene rings is 1. The summed E-state index contributed by atoms with van der Waals surface area (Å²) in [4.78, 5) is 26.6. The van der Waals surface area contributed by atoms with E-state index in [0.717, 1.165) is 35.3 Å². The number of esters is 1. The first-order chi connectivity index (χ1) is 14.5. The molecule has 0 bridgehead atoms. The Bertz CT molecular complexity index is 992. The van der Waals surface area contributed by atoms with Gasteiger partial charge in [0.2, 0.25) is 0 Å². The van der Waals surface area contributed by atoms with Crippen LogP contribution in [0.3, 0.4) is 0 Å². The molecular weight excluding hydrogens is 434 g/mol. The van der Waals surface area contributed by atoms with Gasteiger partial charge < -0.3 is 14.8 Å². The van der Waals surface area contributed by atoms with Crippen molar-refractivity contribution < 1.29 is 19.1 Å². The largest absolute Gasteiger partial charge is 0.481 e. The molecule has 1 N–H and O–H groups in total. The molecule has 31 heavy (non-hydrogen) atoms. The summed E-state index contributed by atoms with van der Waals surface area (Å²) in [7, 11) is 1.37. The Labute approximate surface area is 193 Å². The zero-order chi connectivity index (χ0) is 22.9. The van der Waals surface area contributed by atoms with Crippen LogP contribution < -0.4 is 10.1 Å². The third kappa shape index (κ3) is 5.24. The van der Waals surface area contributed by atoms with Gasteiger partial charge in [-0.3, -0.25) is 4.79 Å². The highest BCUT2D eigenvalue weighted by Crippen LogP contribution is 2.44. The van der Waals surface area contributed by atoms with Crippen LogP contribution in [0, 0.1) is 18.3 Å². The minimum absolute atomic E-state index is 0.190. The summed E-state index contributed by atoms with van der Waals surface area (Å²) < 4.78 is 10.9. The predicted octanol–water partition coefficient (Wildman–Crippen LogP) is 6.05. The van der Waals surface area contributed by atoms with Gasteiger partial charge in [-0.25, -0.2) is 4.79 Å². The quantitative estimate of drug-likeness (QED) is 0.548. The smallest absolute Gasteiger partial charge is 0.341 e. The zero-order valence-corrected chi connectivity index (χ0v) is 20.5. The first-order valence-electron chi connectivity index (χ1n) is 10.5. The molecule has 1 amide bonds. The number of ether oxygens (including phenoxy) is 2. The van der Waals surface area contributed by atoms with E-state index in [1.807, 2.05) is 6.92 Å². The lowest BCUT2D eigenvalue weighted by molar-refractivity contribution is -0.122. The van der Waals surface area contributed by atoms with Crippen molar-refractivity contribution in [3.63, 3.8) is 0 Å². The van der Waals surface area contributed by atoms with Crippen LogP contribution in [0.15, 0.2) is 18.2 Å². The molecule has 3 rings (SSSR count). The molecule has 168 valence electrons. The number of halogens is 1. The van der Waals surface area contributed by atoms with Gasteiger partial charge in [-0.05, 0) is 73.8 Å². The van der Waals surface area contributed by atoms with Gasteiger partial charge >= 0.3 is 5.97 Å². The first kappa shape index (κ1) is 23.6. The summed E-state index contributed by atoms with van der Waals surface area (Å²) in [6.07, 6.45) is 1.98. The van der Waals surface area contributed by atoms with E-state index in [2.05, 4.69) is 26.1 Å². The van der Waals surface area contributed by atoms with Crippen molar-refractivity contribution in [3.8, 4) is 5.75 Å². The molecule has 1 aromatic carbocycles. The maximum Gasteiger partial charge on any atom is 0.341 e. The van der Waals surface area contributed by atoms with Crippen molar-refractivity contribution in [2.45, 2.75) is 60.0 Å². The number of fused-ring (bicyclic) bond motifs is 1.